The number of nitrogens with two attached hydrogens (primary N) is 2. The van der Waals surface area contributed by atoms with Crippen molar-refractivity contribution < 1.29 is 4.39 Å². The smallest absolute Gasteiger partial charge is 0.150 e. The van der Waals surface area contributed by atoms with Gasteiger partial charge in [0.2, 0.25) is 0 Å². The highest BCUT2D eigenvalue weighted by molar-refractivity contribution is 5.79. The molecule has 0 atom stereocenters. The van der Waals surface area contributed by atoms with Gasteiger partial charge in [0, 0.05) is 23.7 Å². The van der Waals surface area contributed by atoms with Crippen LogP contribution < -0.4 is 16.8 Å². The van der Waals surface area contributed by atoms with Crippen molar-refractivity contribution in [1.29, 1.82) is 0 Å². The molecule has 2 aromatic carbocycles. The average molecular weight is 401 g/mol. The van der Waals surface area contributed by atoms with E-state index in [4.69, 9.17) is 11.5 Å². The summed E-state index contributed by atoms with van der Waals surface area (Å²) in [6.07, 6.45) is 3.17. The first-order valence-electron chi connectivity index (χ1n) is 9.97. The molecule has 0 aliphatic carbocycles. The molecule has 0 bridgehead atoms. The Hall–Kier alpha value is -3.51. The lowest BCUT2D eigenvalue weighted by atomic mass is 10.0. The number of hydrogen-bond acceptors (Lipinski definition) is 5. The number of halogens is 1. The van der Waals surface area contributed by atoms with Crippen LogP contribution in [-0.2, 0) is 13.0 Å². The van der Waals surface area contributed by atoms with E-state index in [-0.39, 0.29) is 5.82 Å². The predicted octanol–water partition coefficient (Wildman–Crippen LogP) is 4.52. The van der Waals surface area contributed by atoms with Crippen LogP contribution in [-0.4, -0.2) is 16.5 Å². The minimum absolute atomic E-state index is 0.237. The van der Waals surface area contributed by atoms with Gasteiger partial charge in [0.1, 0.15) is 11.6 Å². The zero-order valence-electron chi connectivity index (χ0n) is 16.6. The van der Waals surface area contributed by atoms with E-state index >= 15 is 0 Å². The monoisotopic (exact) mass is 401 g/mol. The van der Waals surface area contributed by atoms with E-state index in [1.54, 1.807) is 24.4 Å². The van der Waals surface area contributed by atoms with Crippen molar-refractivity contribution in [1.82, 2.24) is 9.97 Å². The number of rotatable bonds is 7. The molecule has 4 rings (SSSR count). The molecule has 152 valence electrons. The maximum atomic E-state index is 14.4. The number of anilines is 2. The molecule has 6 heteroatoms. The van der Waals surface area contributed by atoms with Crippen molar-refractivity contribution in [3.8, 4) is 11.3 Å². The van der Waals surface area contributed by atoms with Crippen molar-refractivity contribution in [2.75, 3.05) is 17.6 Å². The number of hydrogen-bond donors (Lipinski definition) is 3. The summed E-state index contributed by atoms with van der Waals surface area (Å²) in [6.45, 7) is 1.11. The van der Waals surface area contributed by atoms with Crippen LogP contribution in [0.2, 0.25) is 0 Å². The van der Waals surface area contributed by atoms with Gasteiger partial charge in [-0.25, -0.2) is 9.37 Å². The minimum Gasteiger partial charge on any atom is -0.396 e. The summed E-state index contributed by atoms with van der Waals surface area (Å²) in [4.78, 5) is 8.96. The standard InChI is InChI=1S/C24H24FN5/c25-20-14-19(7-6-17(20)3-1-11-26)23-10-8-21(27)24(30-23)29-15-16-5-9-22-18(13-16)4-2-12-28-22/h2,4-10,12-14H,1,3,11,15,26-27H2,(H,29,30). The van der Waals surface area contributed by atoms with Gasteiger partial charge in [-0.1, -0.05) is 24.3 Å². The van der Waals surface area contributed by atoms with Crippen molar-refractivity contribution in [3.05, 3.63) is 83.8 Å². The molecule has 5 nitrogen and oxygen atoms in total. The summed E-state index contributed by atoms with van der Waals surface area (Å²) in [6, 6.07) is 18.9. The van der Waals surface area contributed by atoms with Crippen LogP contribution in [0.3, 0.4) is 0 Å². The van der Waals surface area contributed by atoms with Gasteiger partial charge in [0.05, 0.1) is 16.9 Å². The SMILES string of the molecule is NCCCc1ccc(-c2ccc(N)c(NCc3ccc4ncccc4c3)n2)cc1F. The van der Waals surface area contributed by atoms with Crippen molar-refractivity contribution in [2.24, 2.45) is 5.73 Å². The quantitative estimate of drug-likeness (QED) is 0.424. The number of fused-ring (bicyclic) bond motifs is 1. The summed E-state index contributed by atoms with van der Waals surface area (Å²) in [5.41, 5.74) is 16.3. The molecule has 2 aromatic heterocycles. The molecule has 0 aliphatic heterocycles. The Morgan fingerprint density at radius 2 is 1.90 bits per heavy atom. The fourth-order valence-corrected chi connectivity index (χ4v) is 3.40. The Morgan fingerprint density at radius 1 is 1.00 bits per heavy atom. The van der Waals surface area contributed by atoms with Crippen LogP contribution in [0.25, 0.3) is 22.2 Å². The van der Waals surface area contributed by atoms with Gasteiger partial charge in [-0.05, 0) is 66.9 Å². The molecule has 0 aliphatic rings. The Labute approximate surface area is 175 Å². The molecular formula is C24H24FN5. The van der Waals surface area contributed by atoms with E-state index in [9.17, 15) is 4.39 Å². The van der Waals surface area contributed by atoms with Crippen LogP contribution in [0.5, 0.6) is 0 Å². The predicted molar refractivity (Wildman–Crippen MR) is 120 cm³/mol. The molecule has 30 heavy (non-hydrogen) atoms. The lowest BCUT2D eigenvalue weighted by molar-refractivity contribution is 0.605. The van der Waals surface area contributed by atoms with E-state index < -0.39 is 0 Å². The second-order valence-electron chi connectivity index (χ2n) is 7.22. The van der Waals surface area contributed by atoms with Crippen LogP contribution in [0.4, 0.5) is 15.9 Å². The summed E-state index contributed by atoms with van der Waals surface area (Å²) in [7, 11) is 0. The number of aromatic nitrogens is 2. The molecule has 0 fully saturated rings. The fraction of sp³-hybridized carbons (Fsp3) is 0.167. The second kappa shape index (κ2) is 8.88. The van der Waals surface area contributed by atoms with Crippen LogP contribution in [0, 0.1) is 5.82 Å². The molecule has 0 saturated carbocycles. The zero-order valence-corrected chi connectivity index (χ0v) is 16.6. The number of nitrogens with one attached hydrogen (secondary N) is 1. The number of pyridine rings is 2. The molecule has 0 radical (unpaired) electrons. The third-order valence-electron chi connectivity index (χ3n) is 5.05. The Kier molecular flexibility index (Phi) is 5.86. The Balaban J connectivity index is 1.53. The molecule has 0 amide bonds. The largest absolute Gasteiger partial charge is 0.396 e. The molecule has 4 aromatic rings. The van der Waals surface area contributed by atoms with Crippen molar-refractivity contribution in [2.45, 2.75) is 19.4 Å². The summed E-state index contributed by atoms with van der Waals surface area (Å²) in [5, 5.41) is 4.37. The number of nitrogen functional groups attached to an aromatic ring is 1. The first-order chi connectivity index (χ1) is 14.6. The summed E-state index contributed by atoms with van der Waals surface area (Å²) >= 11 is 0. The highest BCUT2D eigenvalue weighted by Gasteiger charge is 2.09. The molecular weight excluding hydrogens is 377 g/mol. The number of benzene rings is 2. The van der Waals surface area contributed by atoms with Crippen LogP contribution in [0.1, 0.15) is 17.5 Å². The van der Waals surface area contributed by atoms with Gasteiger partial charge in [0.25, 0.3) is 0 Å². The van der Waals surface area contributed by atoms with E-state index in [2.05, 4.69) is 21.4 Å². The molecule has 0 unspecified atom stereocenters. The van der Waals surface area contributed by atoms with Gasteiger partial charge >= 0.3 is 0 Å². The second-order valence-corrected chi connectivity index (χ2v) is 7.22. The lowest BCUT2D eigenvalue weighted by Crippen LogP contribution is -2.05. The Morgan fingerprint density at radius 3 is 2.73 bits per heavy atom. The third kappa shape index (κ3) is 4.39. The Bertz CT molecular complexity index is 1180. The number of aryl methyl sites for hydroxylation is 1. The first kappa shape index (κ1) is 19.8. The van der Waals surface area contributed by atoms with E-state index in [1.165, 1.54) is 6.07 Å². The summed E-state index contributed by atoms with van der Waals surface area (Å²) in [5.74, 6) is 0.338. The van der Waals surface area contributed by atoms with Crippen LogP contribution in [0.15, 0.2) is 66.9 Å². The fourth-order valence-electron chi connectivity index (χ4n) is 3.40. The van der Waals surface area contributed by atoms with E-state index in [1.807, 2.05) is 30.3 Å². The van der Waals surface area contributed by atoms with Gasteiger partial charge in [-0.3, -0.25) is 4.98 Å². The van der Waals surface area contributed by atoms with E-state index in [0.29, 0.717) is 47.8 Å². The van der Waals surface area contributed by atoms with Gasteiger partial charge in [0.15, 0.2) is 0 Å². The van der Waals surface area contributed by atoms with Gasteiger partial charge in [-0.2, -0.15) is 0 Å². The highest BCUT2D eigenvalue weighted by atomic mass is 19.1. The van der Waals surface area contributed by atoms with E-state index in [0.717, 1.165) is 22.9 Å². The topological polar surface area (TPSA) is 89.8 Å². The lowest BCUT2D eigenvalue weighted by Gasteiger charge is -2.12. The van der Waals surface area contributed by atoms with Crippen molar-refractivity contribution in [3.63, 3.8) is 0 Å². The van der Waals surface area contributed by atoms with Gasteiger partial charge < -0.3 is 16.8 Å². The zero-order chi connectivity index (χ0) is 20.9. The maximum absolute atomic E-state index is 14.4. The normalized spacial score (nSPS) is 11.0. The molecule has 2 heterocycles. The molecule has 0 saturated heterocycles. The van der Waals surface area contributed by atoms with Crippen molar-refractivity contribution >= 4 is 22.4 Å². The summed E-state index contributed by atoms with van der Waals surface area (Å²) < 4.78 is 14.4. The highest BCUT2D eigenvalue weighted by Crippen LogP contribution is 2.26. The minimum atomic E-state index is -0.237. The van der Waals surface area contributed by atoms with Crippen LogP contribution >= 0.6 is 0 Å². The first-order valence-corrected chi connectivity index (χ1v) is 9.97. The molecule has 5 N–H and O–H groups in total. The number of nitrogens with zero attached hydrogens (tertiary/aromatic N) is 2. The maximum Gasteiger partial charge on any atom is 0.150 e. The third-order valence-corrected chi connectivity index (χ3v) is 5.05. The average Bonchev–Trinajstić information content (AvgIpc) is 2.77. The van der Waals surface area contributed by atoms with Gasteiger partial charge in [-0.15, -0.1) is 0 Å². The molecule has 0 spiro atoms.